The van der Waals surface area contributed by atoms with Crippen molar-refractivity contribution in [1.29, 1.82) is 0 Å². The van der Waals surface area contributed by atoms with Crippen molar-refractivity contribution in [3.63, 3.8) is 0 Å². The number of ether oxygens (including phenoxy) is 1. The molecule has 0 atom stereocenters. The minimum atomic E-state index is -0.463. The van der Waals surface area contributed by atoms with E-state index in [1.54, 1.807) is 42.8 Å². The summed E-state index contributed by atoms with van der Waals surface area (Å²) in [5.41, 5.74) is 0.592. The largest absolute Gasteiger partial charge is 0.494 e. The van der Waals surface area contributed by atoms with Crippen molar-refractivity contribution in [3.05, 3.63) is 56.2 Å². The van der Waals surface area contributed by atoms with Gasteiger partial charge in [0.1, 0.15) is 5.82 Å². The van der Waals surface area contributed by atoms with Crippen molar-refractivity contribution in [2.45, 2.75) is 26.9 Å². The summed E-state index contributed by atoms with van der Waals surface area (Å²) < 4.78 is 23.1. The lowest BCUT2D eigenvalue weighted by Gasteiger charge is -2.08. The van der Waals surface area contributed by atoms with Gasteiger partial charge in [0.25, 0.3) is 5.56 Å². The molecule has 0 N–H and O–H groups in total. The quantitative estimate of drug-likeness (QED) is 0.689. The van der Waals surface area contributed by atoms with E-state index in [1.165, 1.54) is 22.3 Å². The van der Waals surface area contributed by atoms with Gasteiger partial charge in [0, 0.05) is 20.1 Å². The molecule has 0 fully saturated rings. The number of methoxy groups -OCH3 is 1. The fourth-order valence-corrected chi connectivity index (χ4v) is 3.05. The highest BCUT2D eigenvalue weighted by Gasteiger charge is 2.17. The lowest BCUT2D eigenvalue weighted by atomic mass is 10.2. The normalized spacial score (nSPS) is 11.6. The first kappa shape index (κ1) is 18.6. The van der Waals surface area contributed by atoms with E-state index in [-0.39, 0.29) is 23.5 Å². The van der Waals surface area contributed by atoms with E-state index < -0.39 is 5.82 Å². The maximum absolute atomic E-state index is 13.8. The summed E-state index contributed by atoms with van der Waals surface area (Å²) in [5, 5.41) is 0. The zero-order valence-corrected chi connectivity index (χ0v) is 15.7. The van der Waals surface area contributed by atoms with Gasteiger partial charge in [-0.2, -0.15) is 0 Å². The molecular formula is C19H21FN4O3. The number of benzene rings is 1. The van der Waals surface area contributed by atoms with Gasteiger partial charge in [-0.25, -0.2) is 14.2 Å². The number of rotatable bonds is 5. The van der Waals surface area contributed by atoms with Gasteiger partial charge in [-0.3, -0.25) is 13.9 Å². The lowest BCUT2D eigenvalue weighted by Crippen LogP contribution is -2.39. The Labute approximate surface area is 155 Å². The third-order valence-corrected chi connectivity index (χ3v) is 4.51. The van der Waals surface area contributed by atoms with E-state index in [4.69, 9.17) is 4.74 Å². The third kappa shape index (κ3) is 3.07. The standard InChI is InChI=1S/C19H21FN4O3/c1-5-23-17-16(18(25)24(6-2)19(23)26)22(3)15(21-17)10-8-12-7-9-14(27-4)13(20)11-12/h7-11H,5-6H2,1-4H3/b10-8+. The van der Waals surface area contributed by atoms with Crippen molar-refractivity contribution in [2.75, 3.05) is 7.11 Å². The maximum atomic E-state index is 13.8. The zero-order valence-electron chi connectivity index (χ0n) is 15.7. The zero-order chi connectivity index (χ0) is 19.7. The average Bonchev–Trinajstić information content (AvgIpc) is 2.97. The number of fused-ring (bicyclic) bond motifs is 1. The molecule has 0 spiro atoms. The molecule has 0 radical (unpaired) electrons. The van der Waals surface area contributed by atoms with Gasteiger partial charge in [0.05, 0.1) is 7.11 Å². The lowest BCUT2D eigenvalue weighted by molar-refractivity contribution is 0.386. The van der Waals surface area contributed by atoms with E-state index in [9.17, 15) is 14.0 Å². The van der Waals surface area contributed by atoms with Crippen LogP contribution in [0.5, 0.6) is 5.75 Å². The van der Waals surface area contributed by atoms with Crippen LogP contribution in [0.3, 0.4) is 0 Å². The molecule has 0 aliphatic rings. The van der Waals surface area contributed by atoms with Gasteiger partial charge >= 0.3 is 5.69 Å². The van der Waals surface area contributed by atoms with Gasteiger partial charge < -0.3 is 9.30 Å². The van der Waals surface area contributed by atoms with E-state index in [0.717, 1.165) is 0 Å². The molecule has 0 amide bonds. The fraction of sp³-hybridized carbons (Fsp3) is 0.316. The molecule has 0 aliphatic heterocycles. The first-order valence-electron chi connectivity index (χ1n) is 8.64. The molecule has 1 aromatic carbocycles. The molecule has 0 bridgehead atoms. The van der Waals surface area contributed by atoms with Gasteiger partial charge in [0.15, 0.2) is 22.7 Å². The molecule has 0 saturated carbocycles. The first-order chi connectivity index (χ1) is 12.9. The molecule has 0 saturated heterocycles. The summed E-state index contributed by atoms with van der Waals surface area (Å²) in [7, 11) is 3.12. The molecule has 0 unspecified atom stereocenters. The highest BCUT2D eigenvalue weighted by atomic mass is 19.1. The summed E-state index contributed by atoms with van der Waals surface area (Å²) in [6, 6.07) is 4.61. The third-order valence-electron chi connectivity index (χ3n) is 4.51. The Hall–Kier alpha value is -3.16. The number of halogens is 1. The van der Waals surface area contributed by atoms with Crippen molar-refractivity contribution in [3.8, 4) is 5.75 Å². The summed E-state index contributed by atoms with van der Waals surface area (Å²) in [6.45, 7) is 4.27. The van der Waals surface area contributed by atoms with Crippen molar-refractivity contribution in [2.24, 2.45) is 7.05 Å². The molecule has 8 heteroatoms. The van der Waals surface area contributed by atoms with Crippen LogP contribution in [-0.4, -0.2) is 25.8 Å². The Kier molecular flexibility index (Phi) is 4.98. The Morgan fingerprint density at radius 1 is 1.15 bits per heavy atom. The van der Waals surface area contributed by atoms with Crippen molar-refractivity contribution >= 4 is 23.3 Å². The smallest absolute Gasteiger partial charge is 0.332 e. The van der Waals surface area contributed by atoms with E-state index >= 15 is 0 Å². The van der Waals surface area contributed by atoms with Crippen molar-refractivity contribution < 1.29 is 9.13 Å². The van der Waals surface area contributed by atoms with Crippen LogP contribution in [0.15, 0.2) is 27.8 Å². The molecule has 0 aliphatic carbocycles. The van der Waals surface area contributed by atoms with Crippen LogP contribution in [-0.2, 0) is 20.1 Å². The Morgan fingerprint density at radius 3 is 2.44 bits per heavy atom. The molecule has 142 valence electrons. The Bertz CT molecular complexity index is 1150. The molecule has 7 nitrogen and oxygen atoms in total. The van der Waals surface area contributed by atoms with Crippen LogP contribution >= 0.6 is 0 Å². The summed E-state index contributed by atoms with van der Waals surface area (Å²) in [5.74, 6) is 0.200. The van der Waals surface area contributed by atoms with Crippen LogP contribution in [0.2, 0.25) is 0 Å². The van der Waals surface area contributed by atoms with Gasteiger partial charge in [-0.05, 0) is 37.6 Å². The van der Waals surface area contributed by atoms with Crippen LogP contribution in [0.1, 0.15) is 25.2 Å². The maximum Gasteiger partial charge on any atom is 0.332 e. The van der Waals surface area contributed by atoms with Gasteiger partial charge in [-0.1, -0.05) is 12.1 Å². The second-order valence-corrected chi connectivity index (χ2v) is 6.00. The van der Waals surface area contributed by atoms with E-state index in [0.29, 0.717) is 29.1 Å². The molecule has 2 aromatic heterocycles. The number of imidazole rings is 1. The monoisotopic (exact) mass is 372 g/mol. The predicted octanol–water partition coefficient (Wildman–Crippen LogP) is 2.25. The molecule has 27 heavy (non-hydrogen) atoms. The van der Waals surface area contributed by atoms with Gasteiger partial charge in [-0.15, -0.1) is 0 Å². The van der Waals surface area contributed by atoms with Crippen LogP contribution in [0, 0.1) is 5.82 Å². The Balaban J connectivity index is 2.15. The summed E-state index contributed by atoms with van der Waals surface area (Å²) in [6.07, 6.45) is 3.37. The van der Waals surface area contributed by atoms with E-state index in [2.05, 4.69) is 4.98 Å². The number of hydrogen-bond donors (Lipinski definition) is 0. The molecule has 2 heterocycles. The first-order valence-corrected chi connectivity index (χ1v) is 8.64. The Morgan fingerprint density at radius 2 is 1.85 bits per heavy atom. The van der Waals surface area contributed by atoms with Crippen LogP contribution in [0.25, 0.3) is 23.3 Å². The second-order valence-electron chi connectivity index (χ2n) is 6.00. The number of nitrogens with zero attached hydrogens (tertiary/aromatic N) is 4. The molecule has 3 aromatic rings. The predicted molar refractivity (Wildman–Crippen MR) is 102 cm³/mol. The van der Waals surface area contributed by atoms with Crippen LogP contribution < -0.4 is 16.0 Å². The second kappa shape index (κ2) is 7.22. The molecule has 3 rings (SSSR count). The summed E-state index contributed by atoms with van der Waals surface area (Å²) >= 11 is 0. The van der Waals surface area contributed by atoms with Crippen LogP contribution in [0.4, 0.5) is 4.39 Å². The summed E-state index contributed by atoms with van der Waals surface area (Å²) in [4.78, 5) is 29.6. The van der Waals surface area contributed by atoms with Gasteiger partial charge in [0.2, 0.25) is 0 Å². The average molecular weight is 372 g/mol. The topological polar surface area (TPSA) is 71.1 Å². The minimum absolute atomic E-state index is 0.168. The fourth-order valence-electron chi connectivity index (χ4n) is 3.05. The number of aryl methyl sites for hydroxylation is 2. The SMILES string of the molecule is CCn1c(=O)c2c(nc(/C=C/c3ccc(OC)c(F)c3)n2C)n(CC)c1=O. The van der Waals surface area contributed by atoms with E-state index in [1.807, 2.05) is 6.92 Å². The minimum Gasteiger partial charge on any atom is -0.494 e. The highest BCUT2D eigenvalue weighted by molar-refractivity contribution is 5.76. The number of aromatic nitrogens is 4. The molecular weight excluding hydrogens is 351 g/mol. The number of hydrogen-bond acceptors (Lipinski definition) is 4. The van der Waals surface area contributed by atoms with Crippen molar-refractivity contribution in [1.82, 2.24) is 18.7 Å². The highest BCUT2D eigenvalue weighted by Crippen LogP contribution is 2.19.